The Kier molecular flexibility index (Phi) is 10.6. The minimum absolute atomic E-state index is 0.0434. The van der Waals surface area contributed by atoms with E-state index in [9.17, 15) is 28.6 Å². The van der Waals surface area contributed by atoms with E-state index < -0.39 is 66.4 Å². The number of benzene rings is 1. The van der Waals surface area contributed by atoms with Crippen LogP contribution in [0.25, 0.3) is 0 Å². The number of alkyl carbamates (subject to hydrolysis) is 1. The number of amides is 4. The zero-order valence-electron chi connectivity index (χ0n) is 28.4. The fourth-order valence-electron chi connectivity index (χ4n) is 7.04. The number of carbonyl (C=O) groups excluding carboxylic acids is 4. The van der Waals surface area contributed by atoms with Crippen LogP contribution in [0.4, 0.5) is 9.59 Å². The lowest BCUT2D eigenvalue weighted by atomic mass is 9.85. The van der Waals surface area contributed by atoms with Crippen molar-refractivity contribution in [3.8, 4) is 0 Å². The summed E-state index contributed by atoms with van der Waals surface area (Å²) in [7, 11) is -4.33. The zero-order valence-corrected chi connectivity index (χ0v) is 29.3. The third kappa shape index (κ3) is 7.43. The van der Waals surface area contributed by atoms with Crippen LogP contribution in [0.1, 0.15) is 82.9 Å². The van der Waals surface area contributed by atoms with Crippen LogP contribution in [0.2, 0.25) is 0 Å². The summed E-state index contributed by atoms with van der Waals surface area (Å²) in [4.78, 5) is 68.5. The Hall–Kier alpha value is -3.41. The Balaban J connectivity index is 1.43. The molecule has 3 aliphatic heterocycles. The molecule has 14 heteroatoms. The third-order valence-corrected chi connectivity index (χ3v) is 12.1. The van der Waals surface area contributed by atoms with E-state index in [0.29, 0.717) is 19.5 Å². The quantitative estimate of drug-likeness (QED) is 0.286. The highest BCUT2D eigenvalue weighted by molar-refractivity contribution is 7.55. The van der Waals surface area contributed by atoms with E-state index in [1.54, 1.807) is 32.6 Å². The van der Waals surface area contributed by atoms with Crippen molar-refractivity contribution in [2.45, 2.75) is 109 Å². The number of aryl methyl sites for hydroxylation is 1. The van der Waals surface area contributed by atoms with Gasteiger partial charge in [-0.2, -0.15) is 0 Å². The molecule has 0 radical (unpaired) electrons. The van der Waals surface area contributed by atoms with E-state index in [4.69, 9.17) is 14.0 Å². The highest BCUT2D eigenvalue weighted by Crippen LogP contribution is 2.70. The van der Waals surface area contributed by atoms with Crippen LogP contribution < -0.4 is 10.6 Å². The van der Waals surface area contributed by atoms with Gasteiger partial charge in [0.25, 0.3) is 0 Å². The molecule has 5 rings (SSSR count). The maximum Gasteiger partial charge on any atom is 0.410 e. The van der Waals surface area contributed by atoms with Crippen molar-refractivity contribution < 1.29 is 42.6 Å². The number of rotatable bonds is 6. The van der Waals surface area contributed by atoms with Crippen LogP contribution in [0.5, 0.6) is 0 Å². The van der Waals surface area contributed by atoms with E-state index in [-0.39, 0.29) is 32.6 Å². The van der Waals surface area contributed by atoms with Crippen molar-refractivity contribution in [1.82, 2.24) is 20.4 Å². The first-order valence-electron chi connectivity index (χ1n) is 16.9. The SMILES string of the molecule is C=C[C@H]1C[C@]1(NC(=O)[C@@H]1C[C@@H]2CN1C(=O)[C@H](C(C)(C)C)NC(=O)OCCCCCCc1cccc3c1CN(C3)C(=O)O2)P(=O)(O)OCC. The number of fused-ring (bicyclic) bond motifs is 3. The van der Waals surface area contributed by atoms with Crippen molar-refractivity contribution in [1.29, 1.82) is 0 Å². The average Bonchev–Trinajstić information content (AvgIpc) is 3.34. The summed E-state index contributed by atoms with van der Waals surface area (Å²) in [6.45, 7) is 11.5. The Labute approximate surface area is 282 Å². The summed E-state index contributed by atoms with van der Waals surface area (Å²) in [5, 5.41) is 3.85. The number of ether oxygens (including phenoxy) is 2. The predicted octanol–water partition coefficient (Wildman–Crippen LogP) is 4.61. The molecule has 4 bridgehead atoms. The summed E-state index contributed by atoms with van der Waals surface area (Å²) < 4.78 is 29.9. The van der Waals surface area contributed by atoms with Gasteiger partial charge in [0.2, 0.25) is 11.8 Å². The van der Waals surface area contributed by atoms with Crippen molar-refractivity contribution in [3.05, 3.63) is 47.5 Å². The Morgan fingerprint density at radius 1 is 1.19 bits per heavy atom. The number of nitrogens with zero attached hydrogens (tertiary/aromatic N) is 2. The van der Waals surface area contributed by atoms with Crippen molar-refractivity contribution >= 4 is 31.6 Å². The number of hydrogen-bond acceptors (Lipinski definition) is 8. The second-order valence-electron chi connectivity index (χ2n) is 14.3. The fourth-order valence-corrected chi connectivity index (χ4v) is 8.82. The molecule has 1 aromatic carbocycles. The molecule has 1 saturated carbocycles. The predicted molar refractivity (Wildman–Crippen MR) is 177 cm³/mol. The monoisotopic (exact) mass is 688 g/mol. The van der Waals surface area contributed by atoms with Gasteiger partial charge in [0, 0.05) is 25.4 Å². The van der Waals surface area contributed by atoms with Gasteiger partial charge < -0.3 is 34.4 Å². The molecule has 0 spiro atoms. The van der Waals surface area contributed by atoms with E-state index in [0.717, 1.165) is 36.8 Å². The molecule has 1 saturated heterocycles. The zero-order chi connectivity index (χ0) is 34.9. The maximum absolute atomic E-state index is 14.3. The molecule has 6 atom stereocenters. The Morgan fingerprint density at radius 3 is 2.60 bits per heavy atom. The van der Waals surface area contributed by atoms with Gasteiger partial charge in [0.1, 0.15) is 23.5 Å². The molecule has 1 unspecified atom stereocenters. The van der Waals surface area contributed by atoms with E-state index >= 15 is 0 Å². The fraction of sp³-hybridized carbons (Fsp3) is 0.647. The van der Waals surface area contributed by atoms with E-state index in [2.05, 4.69) is 23.3 Å². The summed E-state index contributed by atoms with van der Waals surface area (Å²) in [5.74, 6) is -1.76. The highest BCUT2D eigenvalue weighted by Gasteiger charge is 2.67. The van der Waals surface area contributed by atoms with E-state index in [1.807, 2.05) is 12.1 Å². The summed E-state index contributed by atoms with van der Waals surface area (Å²) in [6, 6.07) is 3.84. The van der Waals surface area contributed by atoms with Gasteiger partial charge in [-0.25, -0.2) is 9.59 Å². The lowest BCUT2D eigenvalue weighted by Crippen LogP contribution is -2.58. The second-order valence-corrected chi connectivity index (χ2v) is 16.4. The van der Waals surface area contributed by atoms with Gasteiger partial charge in [0.05, 0.1) is 19.8 Å². The normalized spacial score (nSPS) is 29.6. The molecule has 3 heterocycles. The first-order valence-corrected chi connectivity index (χ1v) is 18.5. The van der Waals surface area contributed by atoms with Gasteiger partial charge in [-0.1, -0.05) is 57.9 Å². The molecule has 13 nitrogen and oxygen atoms in total. The first-order chi connectivity index (χ1) is 22.7. The van der Waals surface area contributed by atoms with Crippen LogP contribution in [0.3, 0.4) is 0 Å². The average molecular weight is 689 g/mol. The minimum atomic E-state index is -4.33. The van der Waals surface area contributed by atoms with Crippen LogP contribution in [-0.2, 0) is 47.7 Å². The molecule has 48 heavy (non-hydrogen) atoms. The highest BCUT2D eigenvalue weighted by atomic mass is 31.2. The van der Waals surface area contributed by atoms with Gasteiger partial charge >= 0.3 is 19.8 Å². The lowest BCUT2D eigenvalue weighted by Gasteiger charge is -2.35. The molecule has 2 fully saturated rings. The second kappa shape index (κ2) is 14.2. The first kappa shape index (κ1) is 35.9. The van der Waals surface area contributed by atoms with Crippen LogP contribution in [-0.4, -0.2) is 81.9 Å². The molecule has 1 aliphatic carbocycles. The largest absolute Gasteiger partial charge is 0.450 e. The lowest BCUT2D eigenvalue weighted by molar-refractivity contribution is -0.142. The van der Waals surface area contributed by atoms with Gasteiger partial charge in [-0.15, -0.1) is 6.58 Å². The number of nitrogens with one attached hydrogen (secondary N) is 2. The standard InChI is InChI=1S/C34H49N4O9P/c1-6-24-18-34(24,48(43,44)46-7-2)36-29(39)27-17-25-20-38(27)30(40)28(33(3,4)5)35-31(41)45-16-11-9-8-10-13-22-14-12-15-23-19-37(21-26(22)23)32(42)47-25/h6,12,14-15,24-25,27-28H,1,7-11,13,16-21H2,2-5H3,(H,35,41)(H,36,39)(H,43,44)/t24-,25+,27-,28+,34-/m0/s1. The Bertz CT molecular complexity index is 1480. The maximum atomic E-state index is 14.3. The number of carbonyl (C=O) groups is 4. The summed E-state index contributed by atoms with van der Waals surface area (Å²) in [6.07, 6.45) is 3.77. The molecular formula is C34H49N4O9P. The van der Waals surface area contributed by atoms with Crippen molar-refractivity contribution in [2.24, 2.45) is 11.3 Å². The molecule has 4 amide bonds. The summed E-state index contributed by atoms with van der Waals surface area (Å²) >= 11 is 0. The molecule has 1 aromatic rings. The topological polar surface area (TPSA) is 164 Å². The van der Waals surface area contributed by atoms with Crippen molar-refractivity contribution in [2.75, 3.05) is 19.8 Å². The number of cyclic esters (lactones) is 1. The van der Waals surface area contributed by atoms with E-state index in [1.165, 1.54) is 16.5 Å². The Morgan fingerprint density at radius 2 is 1.92 bits per heavy atom. The van der Waals surface area contributed by atoms with Gasteiger partial charge in [0.15, 0.2) is 0 Å². The van der Waals surface area contributed by atoms with Crippen LogP contribution in [0.15, 0.2) is 30.9 Å². The number of hydrogen-bond donors (Lipinski definition) is 3. The summed E-state index contributed by atoms with van der Waals surface area (Å²) in [5.41, 5.74) is 2.58. The third-order valence-electron chi connectivity index (χ3n) is 9.82. The van der Waals surface area contributed by atoms with Crippen LogP contribution >= 0.6 is 7.60 Å². The molecule has 3 N–H and O–H groups in total. The minimum Gasteiger partial charge on any atom is -0.450 e. The molecule has 0 aromatic heterocycles. The van der Waals surface area contributed by atoms with Crippen molar-refractivity contribution in [3.63, 3.8) is 0 Å². The van der Waals surface area contributed by atoms with Gasteiger partial charge in [-0.3, -0.25) is 19.1 Å². The molecule has 4 aliphatic rings. The van der Waals surface area contributed by atoms with Crippen LogP contribution in [0, 0.1) is 11.3 Å². The smallest absolute Gasteiger partial charge is 0.410 e. The van der Waals surface area contributed by atoms with Gasteiger partial charge in [-0.05, 0) is 54.7 Å². The molecular weight excluding hydrogens is 639 g/mol. The molecule has 264 valence electrons.